The molecule has 37 heavy (non-hydrogen) atoms. The molecular weight excluding hydrogens is 446 g/mol. The molecule has 2 aromatic carbocycles. The average Bonchev–Trinajstić information content (AvgIpc) is 2.91. The van der Waals surface area contributed by atoms with Gasteiger partial charge in [-0.1, -0.05) is 141 Å². The van der Waals surface area contributed by atoms with E-state index in [0.29, 0.717) is 0 Å². The molecule has 1 nitrogen and oxygen atoms in total. The van der Waals surface area contributed by atoms with Gasteiger partial charge in [-0.25, -0.2) is 0 Å². The molecule has 2 aromatic rings. The lowest BCUT2D eigenvalue weighted by Crippen LogP contribution is -1.99. The standard InChI is InChI=1S/C36H59N/c1-4-7-10-13-16-19-24-32-29-33(25-20-17-14-11-8-5-2)31-35(30-32)37-36-28-23-22-27-34(36)26-21-18-15-12-9-6-3/h22-23,27-31,37H,4-21,24-26H2,1-3H3. The summed E-state index contributed by atoms with van der Waals surface area (Å²) in [6, 6.07) is 16.4. The molecule has 0 atom stereocenters. The molecule has 0 aliphatic heterocycles. The predicted octanol–water partition coefficient (Wildman–Crippen LogP) is 12.1. The van der Waals surface area contributed by atoms with Crippen LogP contribution in [-0.4, -0.2) is 0 Å². The maximum atomic E-state index is 3.85. The number of benzene rings is 2. The third kappa shape index (κ3) is 14.7. The van der Waals surface area contributed by atoms with Crippen LogP contribution in [0.3, 0.4) is 0 Å². The van der Waals surface area contributed by atoms with E-state index in [2.05, 4.69) is 68.6 Å². The van der Waals surface area contributed by atoms with Crippen LogP contribution in [-0.2, 0) is 19.3 Å². The Labute approximate surface area is 231 Å². The number of aryl methyl sites for hydroxylation is 3. The monoisotopic (exact) mass is 505 g/mol. The molecule has 1 N–H and O–H groups in total. The maximum Gasteiger partial charge on any atom is 0.0416 e. The van der Waals surface area contributed by atoms with E-state index in [9.17, 15) is 0 Å². The summed E-state index contributed by atoms with van der Waals surface area (Å²) < 4.78 is 0. The Morgan fingerprint density at radius 3 is 1.41 bits per heavy atom. The zero-order valence-corrected chi connectivity index (χ0v) is 24.9. The maximum absolute atomic E-state index is 3.85. The molecule has 208 valence electrons. The topological polar surface area (TPSA) is 12.0 Å². The summed E-state index contributed by atoms with van der Waals surface area (Å²) in [5, 5.41) is 3.85. The van der Waals surface area contributed by atoms with Crippen LogP contribution in [0.2, 0.25) is 0 Å². The Hall–Kier alpha value is -1.76. The van der Waals surface area contributed by atoms with Crippen molar-refractivity contribution in [2.75, 3.05) is 5.32 Å². The summed E-state index contributed by atoms with van der Waals surface area (Å²) in [6.45, 7) is 6.90. The second-order valence-electron chi connectivity index (χ2n) is 11.4. The Kier molecular flexibility index (Phi) is 18.0. The number of nitrogens with one attached hydrogen (secondary N) is 1. The van der Waals surface area contributed by atoms with Crippen molar-refractivity contribution in [1.82, 2.24) is 0 Å². The van der Waals surface area contributed by atoms with Crippen LogP contribution >= 0.6 is 0 Å². The first-order chi connectivity index (χ1) is 18.3. The SMILES string of the molecule is CCCCCCCCc1cc(CCCCCCCC)cc(Nc2ccccc2CCCCCCCC)c1. The first kappa shape index (κ1) is 31.5. The van der Waals surface area contributed by atoms with Crippen molar-refractivity contribution in [2.45, 2.75) is 156 Å². The first-order valence-electron chi connectivity index (χ1n) is 16.2. The number of unbranched alkanes of at least 4 members (excludes halogenated alkanes) is 15. The van der Waals surface area contributed by atoms with Gasteiger partial charge in [0.2, 0.25) is 0 Å². The van der Waals surface area contributed by atoms with E-state index in [0.717, 1.165) is 0 Å². The van der Waals surface area contributed by atoms with Gasteiger partial charge in [0.05, 0.1) is 0 Å². The highest BCUT2D eigenvalue weighted by molar-refractivity contribution is 5.64. The fourth-order valence-electron chi connectivity index (χ4n) is 5.45. The van der Waals surface area contributed by atoms with Crippen molar-refractivity contribution < 1.29 is 0 Å². The van der Waals surface area contributed by atoms with Crippen molar-refractivity contribution in [3.63, 3.8) is 0 Å². The fourth-order valence-corrected chi connectivity index (χ4v) is 5.45. The highest BCUT2D eigenvalue weighted by Crippen LogP contribution is 2.26. The van der Waals surface area contributed by atoms with E-state index in [-0.39, 0.29) is 0 Å². The van der Waals surface area contributed by atoms with Gasteiger partial charge in [-0.3, -0.25) is 0 Å². The van der Waals surface area contributed by atoms with E-state index >= 15 is 0 Å². The van der Waals surface area contributed by atoms with E-state index in [4.69, 9.17) is 0 Å². The molecule has 0 heterocycles. The number of anilines is 2. The van der Waals surface area contributed by atoms with Gasteiger partial charge in [0.15, 0.2) is 0 Å². The second kappa shape index (κ2) is 21.2. The molecule has 0 spiro atoms. The zero-order valence-electron chi connectivity index (χ0n) is 24.9. The van der Waals surface area contributed by atoms with Gasteiger partial charge in [0.1, 0.15) is 0 Å². The Morgan fingerprint density at radius 2 is 0.892 bits per heavy atom. The van der Waals surface area contributed by atoms with Crippen LogP contribution in [0.1, 0.15) is 153 Å². The van der Waals surface area contributed by atoms with Gasteiger partial charge in [-0.2, -0.15) is 0 Å². The number of para-hydroxylation sites is 1. The van der Waals surface area contributed by atoms with Crippen LogP contribution in [0.5, 0.6) is 0 Å². The van der Waals surface area contributed by atoms with Crippen LogP contribution in [0.4, 0.5) is 11.4 Å². The highest BCUT2D eigenvalue weighted by atomic mass is 14.9. The molecule has 0 bridgehead atoms. The first-order valence-corrected chi connectivity index (χ1v) is 16.2. The molecule has 0 radical (unpaired) electrons. The molecule has 0 saturated heterocycles. The summed E-state index contributed by atoms with van der Waals surface area (Å²) in [4.78, 5) is 0. The molecule has 0 amide bonds. The van der Waals surface area contributed by atoms with Gasteiger partial charge in [0.25, 0.3) is 0 Å². The van der Waals surface area contributed by atoms with E-state index in [1.807, 2.05) is 0 Å². The number of hydrogen-bond acceptors (Lipinski definition) is 1. The number of rotatable bonds is 23. The van der Waals surface area contributed by atoms with Gasteiger partial charge >= 0.3 is 0 Å². The van der Waals surface area contributed by atoms with Crippen LogP contribution in [0, 0.1) is 0 Å². The lowest BCUT2D eigenvalue weighted by molar-refractivity contribution is 0.605. The van der Waals surface area contributed by atoms with Crippen LogP contribution < -0.4 is 5.32 Å². The predicted molar refractivity (Wildman–Crippen MR) is 167 cm³/mol. The van der Waals surface area contributed by atoms with E-state index < -0.39 is 0 Å². The third-order valence-corrected chi connectivity index (χ3v) is 7.79. The lowest BCUT2D eigenvalue weighted by atomic mass is 9.98. The molecule has 0 aliphatic rings. The molecule has 0 saturated carbocycles. The van der Waals surface area contributed by atoms with Gasteiger partial charge in [-0.15, -0.1) is 0 Å². The number of hydrogen-bond donors (Lipinski definition) is 1. The molecule has 0 aromatic heterocycles. The fraction of sp³-hybridized carbons (Fsp3) is 0.667. The minimum Gasteiger partial charge on any atom is -0.355 e. The third-order valence-electron chi connectivity index (χ3n) is 7.79. The second-order valence-corrected chi connectivity index (χ2v) is 11.4. The zero-order chi connectivity index (χ0) is 26.4. The summed E-state index contributed by atoms with van der Waals surface area (Å²) >= 11 is 0. The molecule has 1 heteroatoms. The minimum atomic E-state index is 1.18. The summed E-state index contributed by atoms with van der Waals surface area (Å²) in [5.74, 6) is 0. The smallest absolute Gasteiger partial charge is 0.0416 e. The highest BCUT2D eigenvalue weighted by Gasteiger charge is 2.07. The molecule has 2 rings (SSSR count). The van der Waals surface area contributed by atoms with Gasteiger partial charge in [0, 0.05) is 11.4 Å². The van der Waals surface area contributed by atoms with Crippen molar-refractivity contribution in [3.8, 4) is 0 Å². The van der Waals surface area contributed by atoms with E-state index in [1.165, 1.54) is 163 Å². The van der Waals surface area contributed by atoms with Crippen molar-refractivity contribution in [1.29, 1.82) is 0 Å². The average molecular weight is 506 g/mol. The molecule has 0 unspecified atom stereocenters. The largest absolute Gasteiger partial charge is 0.355 e. The van der Waals surface area contributed by atoms with Gasteiger partial charge in [-0.05, 0) is 73.4 Å². The summed E-state index contributed by atoms with van der Waals surface area (Å²) in [7, 11) is 0. The quantitative estimate of drug-likeness (QED) is 0.148. The Bertz CT molecular complexity index is 774. The van der Waals surface area contributed by atoms with Crippen molar-refractivity contribution >= 4 is 11.4 Å². The van der Waals surface area contributed by atoms with E-state index in [1.54, 1.807) is 0 Å². The minimum absolute atomic E-state index is 1.18. The Morgan fingerprint density at radius 1 is 0.459 bits per heavy atom. The molecular formula is C36H59N. The summed E-state index contributed by atoms with van der Waals surface area (Å²) in [5.41, 5.74) is 7.11. The normalized spacial score (nSPS) is 11.2. The molecule has 0 aliphatic carbocycles. The van der Waals surface area contributed by atoms with Crippen molar-refractivity contribution in [2.24, 2.45) is 0 Å². The Balaban J connectivity index is 2.00. The van der Waals surface area contributed by atoms with Crippen LogP contribution in [0.25, 0.3) is 0 Å². The molecule has 0 fully saturated rings. The summed E-state index contributed by atoms with van der Waals surface area (Å²) in [6.07, 6.45) is 28.1. The van der Waals surface area contributed by atoms with Crippen molar-refractivity contribution in [3.05, 3.63) is 59.2 Å². The lowest BCUT2D eigenvalue weighted by Gasteiger charge is -2.15. The van der Waals surface area contributed by atoms with Crippen LogP contribution in [0.15, 0.2) is 42.5 Å². The van der Waals surface area contributed by atoms with Gasteiger partial charge < -0.3 is 5.32 Å².